The SMILES string of the molecule is CN(Cc1ccc2n(c1=O)C[C@H]1C[C@@H]2CN(Cc2cncnc2)C1)CC1CCOCC1. The summed E-state index contributed by atoms with van der Waals surface area (Å²) >= 11 is 0. The van der Waals surface area contributed by atoms with Crippen molar-refractivity contribution >= 4 is 0 Å². The largest absolute Gasteiger partial charge is 0.381 e. The lowest BCUT2D eigenvalue weighted by atomic mass is 9.83. The van der Waals surface area contributed by atoms with E-state index in [0.29, 0.717) is 17.8 Å². The number of piperidine rings is 1. The first-order valence-electron chi connectivity index (χ1n) is 11.6. The smallest absolute Gasteiger partial charge is 0.255 e. The van der Waals surface area contributed by atoms with Gasteiger partial charge in [0.1, 0.15) is 6.33 Å². The number of rotatable bonds is 6. The van der Waals surface area contributed by atoms with Gasteiger partial charge in [-0.2, -0.15) is 0 Å². The van der Waals surface area contributed by atoms with E-state index >= 15 is 0 Å². The van der Waals surface area contributed by atoms with Gasteiger partial charge in [-0.05, 0) is 44.2 Å². The zero-order chi connectivity index (χ0) is 21.2. The molecular weight excluding hydrogens is 390 g/mol. The Bertz CT molecular complexity index is 941. The zero-order valence-corrected chi connectivity index (χ0v) is 18.4. The van der Waals surface area contributed by atoms with E-state index in [1.165, 1.54) is 12.1 Å². The highest BCUT2D eigenvalue weighted by molar-refractivity contribution is 5.22. The van der Waals surface area contributed by atoms with Crippen molar-refractivity contribution in [3.05, 3.63) is 58.0 Å². The number of fused-ring (bicyclic) bond motifs is 4. The molecule has 0 aliphatic carbocycles. The summed E-state index contributed by atoms with van der Waals surface area (Å²) in [6, 6.07) is 4.30. The molecule has 0 radical (unpaired) electrons. The van der Waals surface area contributed by atoms with Gasteiger partial charge < -0.3 is 14.2 Å². The van der Waals surface area contributed by atoms with Crippen molar-refractivity contribution in [1.82, 2.24) is 24.3 Å². The van der Waals surface area contributed by atoms with Crippen LogP contribution in [0.2, 0.25) is 0 Å². The van der Waals surface area contributed by atoms with Crippen LogP contribution in [-0.2, 0) is 24.4 Å². The van der Waals surface area contributed by atoms with Gasteiger partial charge in [0.15, 0.2) is 0 Å². The maximum Gasteiger partial charge on any atom is 0.255 e. The Morgan fingerprint density at radius 3 is 2.74 bits per heavy atom. The van der Waals surface area contributed by atoms with Gasteiger partial charge in [0.25, 0.3) is 5.56 Å². The average Bonchev–Trinajstić information content (AvgIpc) is 2.77. The van der Waals surface area contributed by atoms with Crippen molar-refractivity contribution in [3.63, 3.8) is 0 Å². The monoisotopic (exact) mass is 423 g/mol. The Morgan fingerprint density at radius 2 is 1.94 bits per heavy atom. The maximum absolute atomic E-state index is 13.3. The molecule has 3 aliphatic heterocycles. The van der Waals surface area contributed by atoms with Gasteiger partial charge in [0.05, 0.1) is 0 Å². The van der Waals surface area contributed by atoms with Crippen LogP contribution < -0.4 is 5.56 Å². The van der Waals surface area contributed by atoms with Crippen molar-refractivity contribution in [2.75, 3.05) is 39.9 Å². The summed E-state index contributed by atoms with van der Waals surface area (Å²) in [7, 11) is 2.14. The summed E-state index contributed by atoms with van der Waals surface area (Å²) in [4.78, 5) is 26.4. The Hall–Kier alpha value is -2.09. The Kier molecular flexibility index (Phi) is 6.16. The Balaban J connectivity index is 1.27. The molecule has 2 bridgehead atoms. The predicted molar refractivity (Wildman–Crippen MR) is 119 cm³/mol. The fraction of sp³-hybridized carbons (Fsp3) is 0.625. The average molecular weight is 424 g/mol. The van der Waals surface area contributed by atoms with Gasteiger partial charge in [-0.15, -0.1) is 0 Å². The lowest BCUT2D eigenvalue weighted by Crippen LogP contribution is -2.47. The van der Waals surface area contributed by atoms with E-state index in [1.807, 2.05) is 12.4 Å². The van der Waals surface area contributed by atoms with Gasteiger partial charge in [-0.25, -0.2) is 9.97 Å². The fourth-order valence-electron chi connectivity index (χ4n) is 5.73. The van der Waals surface area contributed by atoms with Crippen LogP contribution in [-0.4, -0.2) is 64.2 Å². The van der Waals surface area contributed by atoms with Crippen LogP contribution in [0.15, 0.2) is 35.6 Å². The molecule has 0 aromatic carbocycles. The Labute approximate surface area is 184 Å². The van der Waals surface area contributed by atoms with E-state index in [1.54, 1.807) is 6.33 Å². The standard InChI is InChI=1S/C24H33N5O2/c1-27(11-18-4-6-31-7-5-18)15-21-2-3-23-22-8-19(14-29(23)24(21)30)12-28(16-22)13-20-9-25-17-26-10-20/h2-3,9-10,17-19,22H,4-8,11-16H2,1H3/t19-,22+/m0/s1. The first kappa shape index (κ1) is 20.8. The third-order valence-electron chi connectivity index (χ3n) is 7.13. The summed E-state index contributed by atoms with van der Waals surface area (Å²) in [5, 5.41) is 0. The van der Waals surface area contributed by atoms with Crippen LogP contribution in [0, 0.1) is 11.8 Å². The number of ether oxygens (including phenoxy) is 1. The zero-order valence-electron chi connectivity index (χ0n) is 18.4. The summed E-state index contributed by atoms with van der Waals surface area (Å²) in [6.45, 7) is 7.25. The minimum absolute atomic E-state index is 0.218. The first-order chi connectivity index (χ1) is 15.2. The van der Waals surface area contributed by atoms with E-state index in [2.05, 4.69) is 43.5 Å². The molecule has 2 saturated heterocycles. The third kappa shape index (κ3) is 4.73. The van der Waals surface area contributed by atoms with Crippen LogP contribution in [0.1, 0.15) is 42.0 Å². The van der Waals surface area contributed by atoms with Gasteiger partial charge >= 0.3 is 0 Å². The number of likely N-dealkylation sites (tertiary alicyclic amines) is 1. The maximum atomic E-state index is 13.3. The molecule has 3 aliphatic rings. The van der Waals surface area contributed by atoms with Crippen molar-refractivity contribution < 1.29 is 4.74 Å². The summed E-state index contributed by atoms with van der Waals surface area (Å²) in [5.74, 6) is 1.64. The van der Waals surface area contributed by atoms with E-state index in [4.69, 9.17) is 4.74 Å². The molecule has 5 heterocycles. The molecule has 0 amide bonds. The fourth-order valence-corrected chi connectivity index (χ4v) is 5.73. The van der Waals surface area contributed by atoms with E-state index in [9.17, 15) is 4.79 Å². The molecule has 7 heteroatoms. The number of hydrogen-bond acceptors (Lipinski definition) is 6. The van der Waals surface area contributed by atoms with E-state index in [-0.39, 0.29) is 5.56 Å². The van der Waals surface area contributed by atoms with Crippen LogP contribution >= 0.6 is 0 Å². The van der Waals surface area contributed by atoms with Gasteiger partial charge in [-0.1, -0.05) is 6.07 Å². The molecule has 2 aromatic heterocycles. The predicted octanol–water partition coefficient (Wildman–Crippen LogP) is 2.12. The quantitative estimate of drug-likeness (QED) is 0.709. The van der Waals surface area contributed by atoms with Crippen LogP contribution in [0.4, 0.5) is 0 Å². The third-order valence-corrected chi connectivity index (χ3v) is 7.13. The molecule has 0 saturated carbocycles. The second-order valence-electron chi connectivity index (χ2n) is 9.69. The van der Waals surface area contributed by atoms with Crippen molar-refractivity contribution in [1.29, 1.82) is 0 Å². The molecule has 2 aromatic rings. The minimum Gasteiger partial charge on any atom is -0.381 e. The molecule has 0 N–H and O–H groups in total. The molecule has 0 unspecified atom stereocenters. The van der Waals surface area contributed by atoms with E-state index in [0.717, 1.165) is 76.5 Å². The topological polar surface area (TPSA) is 63.5 Å². The van der Waals surface area contributed by atoms with Crippen LogP contribution in [0.25, 0.3) is 0 Å². The number of nitrogens with zero attached hydrogens (tertiary/aromatic N) is 5. The van der Waals surface area contributed by atoms with E-state index < -0.39 is 0 Å². The summed E-state index contributed by atoms with van der Waals surface area (Å²) in [5.41, 5.74) is 3.52. The lowest BCUT2D eigenvalue weighted by molar-refractivity contribution is 0.0549. The molecule has 7 nitrogen and oxygen atoms in total. The summed E-state index contributed by atoms with van der Waals surface area (Å²) < 4.78 is 7.56. The van der Waals surface area contributed by atoms with Gasteiger partial charge in [-0.3, -0.25) is 9.69 Å². The molecule has 166 valence electrons. The molecule has 0 spiro atoms. The normalized spacial score (nSPS) is 24.3. The lowest BCUT2D eigenvalue weighted by Gasteiger charge is -2.43. The number of hydrogen-bond donors (Lipinski definition) is 0. The minimum atomic E-state index is 0.218. The van der Waals surface area contributed by atoms with Gasteiger partial charge in [0, 0.05) is 87.6 Å². The van der Waals surface area contributed by atoms with Gasteiger partial charge in [0.2, 0.25) is 0 Å². The number of aromatic nitrogens is 3. The van der Waals surface area contributed by atoms with Crippen molar-refractivity contribution in [2.45, 2.75) is 44.8 Å². The van der Waals surface area contributed by atoms with Crippen molar-refractivity contribution in [2.24, 2.45) is 11.8 Å². The highest BCUT2D eigenvalue weighted by Crippen LogP contribution is 2.35. The summed E-state index contributed by atoms with van der Waals surface area (Å²) in [6.07, 6.45) is 8.82. The van der Waals surface area contributed by atoms with Crippen molar-refractivity contribution in [3.8, 4) is 0 Å². The Morgan fingerprint density at radius 1 is 1.13 bits per heavy atom. The highest BCUT2D eigenvalue weighted by Gasteiger charge is 2.35. The molecule has 5 rings (SSSR count). The molecule has 2 atom stereocenters. The first-order valence-corrected chi connectivity index (χ1v) is 11.6. The molecular formula is C24H33N5O2. The van der Waals surface area contributed by atoms with Crippen LogP contribution in [0.5, 0.6) is 0 Å². The second-order valence-corrected chi connectivity index (χ2v) is 9.69. The van der Waals surface area contributed by atoms with Crippen LogP contribution in [0.3, 0.4) is 0 Å². The highest BCUT2D eigenvalue weighted by atomic mass is 16.5. The number of pyridine rings is 1. The molecule has 31 heavy (non-hydrogen) atoms. The molecule has 2 fully saturated rings. The second kappa shape index (κ2) is 9.18.